The molecule has 0 spiro atoms. The van der Waals surface area contributed by atoms with E-state index in [-0.39, 0.29) is 5.56 Å². The van der Waals surface area contributed by atoms with Crippen molar-refractivity contribution in [2.45, 2.75) is 27.7 Å². The van der Waals surface area contributed by atoms with Crippen LogP contribution in [0.5, 0.6) is 0 Å². The van der Waals surface area contributed by atoms with Gasteiger partial charge in [0.05, 0.1) is 17.6 Å². The summed E-state index contributed by atoms with van der Waals surface area (Å²) in [6, 6.07) is 21.9. The molecule has 1 N–H and O–H groups in total. The van der Waals surface area contributed by atoms with E-state index in [1.165, 1.54) is 0 Å². The highest BCUT2D eigenvalue weighted by atomic mass is 16.1. The number of anilines is 2. The number of fused-ring (bicyclic) bond motifs is 1. The van der Waals surface area contributed by atoms with Crippen LogP contribution in [-0.2, 0) is 0 Å². The minimum Gasteiger partial charge on any atom is -0.325 e. The number of hydrogen-bond acceptors (Lipinski definition) is 4. The lowest BCUT2D eigenvalue weighted by atomic mass is 10.1. The molecule has 0 atom stereocenters. The van der Waals surface area contributed by atoms with Gasteiger partial charge in [0.1, 0.15) is 5.39 Å². The largest absolute Gasteiger partial charge is 0.325 e. The summed E-state index contributed by atoms with van der Waals surface area (Å²) in [6.45, 7) is 8.11. The van der Waals surface area contributed by atoms with E-state index in [1.54, 1.807) is 15.4 Å². The van der Waals surface area contributed by atoms with Crippen LogP contribution in [0.2, 0.25) is 0 Å². The van der Waals surface area contributed by atoms with Crippen LogP contribution >= 0.6 is 0 Å². The molecule has 2 aromatic heterocycles. The summed E-state index contributed by atoms with van der Waals surface area (Å²) in [5.74, 6) is 0.458. The fraction of sp³-hybridized carbons (Fsp3) is 0.148. The van der Waals surface area contributed by atoms with Crippen molar-refractivity contribution in [3.8, 4) is 11.4 Å². The van der Waals surface area contributed by atoms with Crippen molar-refractivity contribution in [2.24, 2.45) is 0 Å². The number of nitrogens with zero attached hydrogens (tertiary/aromatic N) is 4. The first-order chi connectivity index (χ1) is 16.0. The normalized spacial score (nSPS) is 11.2. The Labute approximate surface area is 192 Å². The summed E-state index contributed by atoms with van der Waals surface area (Å²) in [4.78, 5) is 18.8. The molecule has 0 fully saturated rings. The molecule has 164 valence electrons. The SMILES string of the molecule is Cc1cccc(C)c1Nc1nc2c(cnn2-c2ccccc2)c(=O)n1-c1c(C)cccc1C. The molecular formula is C27H25N5O. The lowest BCUT2D eigenvalue weighted by Gasteiger charge is -2.19. The molecule has 5 aromatic rings. The van der Waals surface area contributed by atoms with Crippen LogP contribution in [0.1, 0.15) is 22.3 Å². The standard InChI is InChI=1S/C27H25N5O/c1-17-10-8-11-18(2)23(17)29-27-30-25-22(16-28-32(25)21-14-6-5-7-15-21)26(33)31(27)24-19(3)12-9-13-20(24)4/h5-16H,1-4H3,(H,29,30). The van der Waals surface area contributed by atoms with Crippen molar-refractivity contribution in [3.05, 3.63) is 106 Å². The molecule has 33 heavy (non-hydrogen) atoms. The van der Waals surface area contributed by atoms with E-state index in [0.29, 0.717) is 17.0 Å². The van der Waals surface area contributed by atoms with Gasteiger partial charge in [-0.2, -0.15) is 10.1 Å². The van der Waals surface area contributed by atoms with Gasteiger partial charge in [-0.05, 0) is 62.1 Å². The number of nitrogens with one attached hydrogen (secondary N) is 1. The van der Waals surface area contributed by atoms with Crippen LogP contribution in [-0.4, -0.2) is 19.3 Å². The molecule has 2 heterocycles. The quantitative estimate of drug-likeness (QED) is 0.402. The number of aromatic nitrogens is 4. The van der Waals surface area contributed by atoms with Crippen molar-refractivity contribution in [1.29, 1.82) is 0 Å². The molecule has 0 unspecified atom stereocenters. The van der Waals surface area contributed by atoms with Crippen LogP contribution in [0.25, 0.3) is 22.4 Å². The highest BCUT2D eigenvalue weighted by Crippen LogP contribution is 2.28. The van der Waals surface area contributed by atoms with Gasteiger partial charge in [-0.15, -0.1) is 0 Å². The number of para-hydroxylation sites is 3. The average molecular weight is 436 g/mol. The van der Waals surface area contributed by atoms with E-state index < -0.39 is 0 Å². The molecular weight excluding hydrogens is 410 g/mol. The zero-order valence-corrected chi connectivity index (χ0v) is 19.1. The van der Waals surface area contributed by atoms with Crippen molar-refractivity contribution in [1.82, 2.24) is 19.3 Å². The molecule has 0 aliphatic carbocycles. The highest BCUT2D eigenvalue weighted by Gasteiger charge is 2.20. The zero-order chi connectivity index (χ0) is 23.1. The van der Waals surface area contributed by atoms with Gasteiger partial charge >= 0.3 is 0 Å². The van der Waals surface area contributed by atoms with E-state index in [2.05, 4.69) is 10.4 Å². The van der Waals surface area contributed by atoms with Crippen LogP contribution in [0.15, 0.2) is 77.7 Å². The molecule has 0 saturated heterocycles. The topological polar surface area (TPSA) is 64.7 Å². The van der Waals surface area contributed by atoms with Gasteiger partial charge in [0.2, 0.25) is 5.95 Å². The first-order valence-corrected chi connectivity index (χ1v) is 10.9. The smallest absolute Gasteiger partial charge is 0.270 e. The monoisotopic (exact) mass is 435 g/mol. The van der Waals surface area contributed by atoms with Gasteiger partial charge in [-0.1, -0.05) is 54.6 Å². The van der Waals surface area contributed by atoms with Crippen LogP contribution in [0, 0.1) is 27.7 Å². The minimum atomic E-state index is -0.159. The molecule has 5 rings (SSSR count). The Morgan fingerprint density at radius 3 is 2.00 bits per heavy atom. The number of aryl methyl sites for hydroxylation is 4. The Morgan fingerprint density at radius 1 is 0.758 bits per heavy atom. The Morgan fingerprint density at radius 2 is 1.36 bits per heavy atom. The lowest BCUT2D eigenvalue weighted by Crippen LogP contribution is -2.24. The summed E-state index contributed by atoms with van der Waals surface area (Å²) in [5, 5.41) is 8.44. The molecule has 0 aliphatic heterocycles. The predicted octanol–water partition coefficient (Wildman–Crippen LogP) is 5.55. The van der Waals surface area contributed by atoms with Gasteiger partial charge in [0.15, 0.2) is 5.65 Å². The first kappa shape index (κ1) is 20.7. The summed E-state index contributed by atoms with van der Waals surface area (Å²) >= 11 is 0. The molecule has 3 aromatic carbocycles. The lowest BCUT2D eigenvalue weighted by molar-refractivity contribution is 0.886. The van der Waals surface area contributed by atoms with Crippen LogP contribution in [0.3, 0.4) is 0 Å². The van der Waals surface area contributed by atoms with Crippen molar-refractivity contribution < 1.29 is 0 Å². The van der Waals surface area contributed by atoms with Crippen LogP contribution < -0.4 is 10.9 Å². The van der Waals surface area contributed by atoms with Gasteiger partial charge < -0.3 is 5.32 Å². The van der Waals surface area contributed by atoms with Crippen molar-refractivity contribution in [2.75, 3.05) is 5.32 Å². The second-order valence-electron chi connectivity index (χ2n) is 8.34. The van der Waals surface area contributed by atoms with Crippen LogP contribution in [0.4, 0.5) is 11.6 Å². The minimum absolute atomic E-state index is 0.159. The highest BCUT2D eigenvalue weighted by molar-refractivity contribution is 5.79. The molecule has 0 aliphatic rings. The summed E-state index contributed by atoms with van der Waals surface area (Å²) in [7, 11) is 0. The maximum atomic E-state index is 13.9. The molecule has 6 heteroatoms. The predicted molar refractivity (Wildman–Crippen MR) is 133 cm³/mol. The van der Waals surface area contributed by atoms with Gasteiger partial charge in [0, 0.05) is 5.69 Å². The molecule has 6 nitrogen and oxygen atoms in total. The third kappa shape index (κ3) is 3.49. The average Bonchev–Trinajstić information content (AvgIpc) is 3.23. The number of rotatable bonds is 4. The maximum Gasteiger partial charge on any atom is 0.270 e. The van der Waals surface area contributed by atoms with E-state index in [0.717, 1.165) is 39.3 Å². The van der Waals surface area contributed by atoms with E-state index in [4.69, 9.17) is 4.98 Å². The van der Waals surface area contributed by atoms with Gasteiger partial charge in [-0.3, -0.25) is 4.79 Å². The fourth-order valence-electron chi connectivity index (χ4n) is 4.30. The van der Waals surface area contributed by atoms with E-state index in [9.17, 15) is 4.79 Å². The van der Waals surface area contributed by atoms with Crippen molar-refractivity contribution >= 4 is 22.7 Å². The Bertz CT molecular complexity index is 1510. The molecule has 0 amide bonds. The second kappa shape index (κ2) is 8.06. The van der Waals surface area contributed by atoms with Gasteiger partial charge in [0.25, 0.3) is 5.56 Å². The summed E-state index contributed by atoms with van der Waals surface area (Å²) in [5.41, 5.74) is 7.13. The van der Waals surface area contributed by atoms with Gasteiger partial charge in [-0.25, -0.2) is 9.25 Å². The zero-order valence-electron chi connectivity index (χ0n) is 19.1. The maximum absolute atomic E-state index is 13.9. The first-order valence-electron chi connectivity index (χ1n) is 10.9. The second-order valence-corrected chi connectivity index (χ2v) is 8.34. The Balaban J connectivity index is 1.84. The third-order valence-electron chi connectivity index (χ3n) is 5.98. The Hall–Kier alpha value is -4.19. The third-order valence-corrected chi connectivity index (χ3v) is 5.98. The molecule has 0 bridgehead atoms. The Kier molecular flexibility index (Phi) is 5.05. The summed E-state index contributed by atoms with van der Waals surface area (Å²) < 4.78 is 3.39. The van der Waals surface area contributed by atoms with E-state index >= 15 is 0 Å². The molecule has 0 radical (unpaired) electrons. The summed E-state index contributed by atoms with van der Waals surface area (Å²) in [6.07, 6.45) is 1.60. The number of benzene rings is 3. The number of hydrogen-bond donors (Lipinski definition) is 1. The fourth-order valence-corrected chi connectivity index (χ4v) is 4.30. The van der Waals surface area contributed by atoms with E-state index in [1.807, 2.05) is 94.4 Å². The van der Waals surface area contributed by atoms with Crippen molar-refractivity contribution in [3.63, 3.8) is 0 Å². The molecule has 0 saturated carbocycles.